The number of benzene rings is 2. The van der Waals surface area contributed by atoms with Crippen LogP contribution in [-0.2, 0) is 6.42 Å². The van der Waals surface area contributed by atoms with E-state index in [1.54, 1.807) is 0 Å². The molecule has 0 amide bonds. The maximum Gasteiger partial charge on any atom is 0.0512 e. The molecule has 0 aliphatic heterocycles. The number of rotatable bonds is 5. The SMILES string of the molecule is Cc1ccc(-c2ccc(CCCC(C)O)cc2)cc1. The van der Waals surface area contributed by atoms with Gasteiger partial charge in [0, 0.05) is 0 Å². The van der Waals surface area contributed by atoms with Crippen molar-refractivity contribution in [1.82, 2.24) is 0 Å². The lowest BCUT2D eigenvalue weighted by Crippen LogP contribution is -1.99. The summed E-state index contributed by atoms with van der Waals surface area (Å²) in [6, 6.07) is 17.4. The highest BCUT2D eigenvalue weighted by molar-refractivity contribution is 5.63. The summed E-state index contributed by atoms with van der Waals surface area (Å²) >= 11 is 0. The van der Waals surface area contributed by atoms with E-state index in [4.69, 9.17) is 0 Å². The summed E-state index contributed by atoms with van der Waals surface area (Å²) in [7, 11) is 0. The quantitative estimate of drug-likeness (QED) is 0.840. The first-order valence-electron chi connectivity index (χ1n) is 6.99. The fraction of sp³-hybridized carbons (Fsp3) is 0.333. The van der Waals surface area contributed by atoms with Crippen LogP contribution in [0.1, 0.15) is 30.9 Å². The predicted octanol–water partition coefficient (Wildman–Crippen LogP) is 4.37. The van der Waals surface area contributed by atoms with E-state index >= 15 is 0 Å². The predicted molar refractivity (Wildman–Crippen MR) is 81.2 cm³/mol. The fourth-order valence-corrected chi connectivity index (χ4v) is 2.21. The summed E-state index contributed by atoms with van der Waals surface area (Å²) < 4.78 is 0. The first kappa shape index (κ1) is 13.8. The van der Waals surface area contributed by atoms with E-state index in [1.807, 2.05) is 6.92 Å². The molecule has 2 aromatic carbocycles. The Morgan fingerprint density at radius 1 is 0.895 bits per heavy atom. The van der Waals surface area contributed by atoms with Gasteiger partial charge in [-0.15, -0.1) is 0 Å². The smallest absolute Gasteiger partial charge is 0.0512 e. The Hall–Kier alpha value is -1.60. The molecule has 1 N–H and O–H groups in total. The van der Waals surface area contributed by atoms with Crippen molar-refractivity contribution in [3.63, 3.8) is 0 Å². The maximum absolute atomic E-state index is 9.25. The average molecular weight is 254 g/mol. The molecule has 0 bridgehead atoms. The normalized spacial score (nSPS) is 12.4. The monoisotopic (exact) mass is 254 g/mol. The lowest BCUT2D eigenvalue weighted by atomic mass is 10.0. The summed E-state index contributed by atoms with van der Waals surface area (Å²) in [5, 5.41) is 9.25. The average Bonchev–Trinajstić information content (AvgIpc) is 2.40. The summed E-state index contributed by atoms with van der Waals surface area (Å²) in [6.07, 6.45) is 2.77. The van der Waals surface area contributed by atoms with Gasteiger partial charge in [-0.05, 0) is 49.8 Å². The minimum absolute atomic E-state index is 0.188. The van der Waals surface area contributed by atoms with Gasteiger partial charge in [0.15, 0.2) is 0 Å². The van der Waals surface area contributed by atoms with Crippen molar-refractivity contribution in [1.29, 1.82) is 0 Å². The third kappa shape index (κ3) is 4.22. The number of aliphatic hydroxyl groups is 1. The van der Waals surface area contributed by atoms with Crippen molar-refractivity contribution in [2.24, 2.45) is 0 Å². The summed E-state index contributed by atoms with van der Waals surface area (Å²) in [6.45, 7) is 3.95. The van der Waals surface area contributed by atoms with E-state index in [-0.39, 0.29) is 6.10 Å². The van der Waals surface area contributed by atoms with Crippen molar-refractivity contribution in [2.45, 2.75) is 39.2 Å². The molecule has 19 heavy (non-hydrogen) atoms. The standard InChI is InChI=1S/C18H22O/c1-14-6-10-17(11-7-14)18-12-8-16(9-13-18)5-3-4-15(2)19/h6-13,15,19H,3-5H2,1-2H3. The van der Waals surface area contributed by atoms with Gasteiger partial charge in [-0.3, -0.25) is 0 Å². The third-order valence-electron chi connectivity index (χ3n) is 3.43. The van der Waals surface area contributed by atoms with Crippen LogP contribution in [0.25, 0.3) is 11.1 Å². The van der Waals surface area contributed by atoms with Gasteiger partial charge in [-0.1, -0.05) is 54.1 Å². The Balaban J connectivity index is 2.00. The molecular formula is C18H22O. The molecule has 0 heterocycles. The second-order valence-electron chi connectivity index (χ2n) is 5.30. The zero-order valence-electron chi connectivity index (χ0n) is 11.8. The highest BCUT2D eigenvalue weighted by Gasteiger charge is 2.00. The Morgan fingerprint density at radius 2 is 1.42 bits per heavy atom. The summed E-state index contributed by atoms with van der Waals surface area (Å²) in [5.74, 6) is 0. The number of aryl methyl sites for hydroxylation is 2. The minimum Gasteiger partial charge on any atom is -0.393 e. The van der Waals surface area contributed by atoms with Crippen LogP contribution in [0.3, 0.4) is 0 Å². The molecule has 0 aromatic heterocycles. The van der Waals surface area contributed by atoms with E-state index in [9.17, 15) is 5.11 Å². The minimum atomic E-state index is -0.188. The molecule has 0 saturated heterocycles. The van der Waals surface area contributed by atoms with Crippen LogP contribution < -0.4 is 0 Å². The molecule has 1 nitrogen and oxygen atoms in total. The third-order valence-corrected chi connectivity index (χ3v) is 3.43. The highest BCUT2D eigenvalue weighted by atomic mass is 16.3. The van der Waals surface area contributed by atoms with E-state index in [0.717, 1.165) is 19.3 Å². The van der Waals surface area contributed by atoms with Gasteiger partial charge in [0.25, 0.3) is 0 Å². The topological polar surface area (TPSA) is 20.2 Å². The number of aliphatic hydroxyl groups excluding tert-OH is 1. The van der Waals surface area contributed by atoms with E-state index < -0.39 is 0 Å². The molecular weight excluding hydrogens is 232 g/mol. The van der Waals surface area contributed by atoms with Crippen LogP contribution in [0.5, 0.6) is 0 Å². The molecule has 2 rings (SSSR count). The van der Waals surface area contributed by atoms with Crippen molar-refractivity contribution in [3.05, 3.63) is 59.7 Å². The van der Waals surface area contributed by atoms with Crippen molar-refractivity contribution in [2.75, 3.05) is 0 Å². The Bertz CT molecular complexity index is 494. The zero-order valence-corrected chi connectivity index (χ0v) is 11.8. The molecule has 1 unspecified atom stereocenters. The van der Waals surface area contributed by atoms with Crippen LogP contribution in [-0.4, -0.2) is 11.2 Å². The first-order valence-corrected chi connectivity index (χ1v) is 6.99. The molecule has 1 heteroatoms. The van der Waals surface area contributed by atoms with Crippen molar-refractivity contribution >= 4 is 0 Å². The maximum atomic E-state index is 9.25. The summed E-state index contributed by atoms with van der Waals surface area (Å²) in [5.41, 5.74) is 5.16. The summed E-state index contributed by atoms with van der Waals surface area (Å²) in [4.78, 5) is 0. The van der Waals surface area contributed by atoms with Gasteiger partial charge in [0.05, 0.1) is 6.10 Å². The van der Waals surface area contributed by atoms with Crippen molar-refractivity contribution in [3.8, 4) is 11.1 Å². The molecule has 0 fully saturated rings. The van der Waals surface area contributed by atoms with Crippen LogP contribution in [0.4, 0.5) is 0 Å². The molecule has 1 atom stereocenters. The first-order chi connectivity index (χ1) is 9.15. The second-order valence-corrected chi connectivity index (χ2v) is 5.30. The van der Waals surface area contributed by atoms with E-state index in [2.05, 4.69) is 55.5 Å². The molecule has 0 aliphatic rings. The van der Waals surface area contributed by atoms with Gasteiger partial charge in [-0.25, -0.2) is 0 Å². The van der Waals surface area contributed by atoms with Crippen LogP contribution in [0.2, 0.25) is 0 Å². The molecule has 100 valence electrons. The highest BCUT2D eigenvalue weighted by Crippen LogP contribution is 2.20. The molecule has 0 aliphatic carbocycles. The molecule has 0 spiro atoms. The van der Waals surface area contributed by atoms with Crippen molar-refractivity contribution < 1.29 is 5.11 Å². The largest absolute Gasteiger partial charge is 0.393 e. The van der Waals surface area contributed by atoms with Gasteiger partial charge in [0.1, 0.15) is 0 Å². The van der Waals surface area contributed by atoms with Crippen LogP contribution >= 0.6 is 0 Å². The lowest BCUT2D eigenvalue weighted by Gasteiger charge is -2.06. The molecule has 0 saturated carbocycles. The van der Waals surface area contributed by atoms with Crippen LogP contribution in [0.15, 0.2) is 48.5 Å². The van der Waals surface area contributed by atoms with Crippen LogP contribution in [0, 0.1) is 6.92 Å². The number of hydrogen-bond acceptors (Lipinski definition) is 1. The van der Waals surface area contributed by atoms with Gasteiger partial charge >= 0.3 is 0 Å². The molecule has 0 radical (unpaired) electrons. The fourth-order valence-electron chi connectivity index (χ4n) is 2.21. The Labute approximate surface area is 115 Å². The number of hydrogen-bond donors (Lipinski definition) is 1. The zero-order chi connectivity index (χ0) is 13.7. The lowest BCUT2D eigenvalue weighted by molar-refractivity contribution is 0.182. The van der Waals surface area contributed by atoms with Gasteiger partial charge < -0.3 is 5.11 Å². The van der Waals surface area contributed by atoms with Gasteiger partial charge in [-0.2, -0.15) is 0 Å². The Kier molecular flexibility index (Phi) is 4.75. The Morgan fingerprint density at radius 3 is 1.95 bits per heavy atom. The van der Waals surface area contributed by atoms with E-state index in [1.165, 1.54) is 22.3 Å². The molecule has 2 aromatic rings. The van der Waals surface area contributed by atoms with Gasteiger partial charge in [0.2, 0.25) is 0 Å². The second kappa shape index (κ2) is 6.53. The van der Waals surface area contributed by atoms with E-state index in [0.29, 0.717) is 0 Å².